The molecule has 0 aromatic carbocycles. The van der Waals surface area contributed by atoms with Crippen LogP contribution >= 0.6 is 0 Å². The van der Waals surface area contributed by atoms with Crippen LogP contribution in [0.4, 0.5) is 0 Å². The van der Waals surface area contributed by atoms with Gasteiger partial charge in [0, 0.05) is 19.6 Å². The van der Waals surface area contributed by atoms with E-state index in [0.29, 0.717) is 25.6 Å². The molecule has 0 radical (unpaired) electrons. The summed E-state index contributed by atoms with van der Waals surface area (Å²) in [5, 5.41) is 0.0528. The molecule has 0 atom stereocenters. The van der Waals surface area contributed by atoms with Gasteiger partial charge in [-0.15, -0.1) is 0 Å². The Kier molecular flexibility index (Phi) is 5.84. The lowest BCUT2D eigenvalue weighted by Crippen LogP contribution is -2.40. The van der Waals surface area contributed by atoms with Crippen molar-refractivity contribution in [2.24, 2.45) is 5.92 Å². The van der Waals surface area contributed by atoms with Crippen molar-refractivity contribution in [3.8, 4) is 0 Å². The molecule has 0 aliphatic heterocycles. The van der Waals surface area contributed by atoms with Crippen LogP contribution in [0.1, 0.15) is 32.1 Å². The Morgan fingerprint density at radius 1 is 1.19 bits per heavy atom. The minimum absolute atomic E-state index is 0.0528. The summed E-state index contributed by atoms with van der Waals surface area (Å²) in [4.78, 5) is 2.01. The van der Waals surface area contributed by atoms with Crippen LogP contribution in [0.15, 0.2) is 27.9 Å². The molecule has 0 N–H and O–H groups in total. The SMILES string of the molecule is CN(C)CCN(CC1CCCCC1)S(=O)(=O)c1ccco1. The van der Waals surface area contributed by atoms with Gasteiger partial charge < -0.3 is 9.32 Å². The molecule has 1 heterocycles. The summed E-state index contributed by atoms with van der Waals surface area (Å²) < 4.78 is 32.1. The molecule has 0 unspecified atom stereocenters. The highest BCUT2D eigenvalue weighted by molar-refractivity contribution is 7.89. The molecule has 21 heavy (non-hydrogen) atoms. The number of furan rings is 1. The van der Waals surface area contributed by atoms with Crippen molar-refractivity contribution in [3.63, 3.8) is 0 Å². The Bertz CT molecular complexity index is 505. The van der Waals surface area contributed by atoms with Gasteiger partial charge in [-0.25, -0.2) is 8.42 Å². The number of likely N-dealkylation sites (N-methyl/N-ethyl adjacent to an activating group) is 1. The Hall–Kier alpha value is -0.850. The Morgan fingerprint density at radius 3 is 2.48 bits per heavy atom. The van der Waals surface area contributed by atoms with E-state index in [0.717, 1.165) is 12.8 Å². The van der Waals surface area contributed by atoms with Crippen LogP contribution in [-0.4, -0.2) is 51.4 Å². The van der Waals surface area contributed by atoms with Crippen LogP contribution in [0, 0.1) is 5.92 Å². The van der Waals surface area contributed by atoms with Crippen LogP contribution < -0.4 is 0 Å². The summed E-state index contributed by atoms with van der Waals surface area (Å²) in [7, 11) is 0.401. The molecule has 1 aromatic rings. The third-order valence-electron chi connectivity index (χ3n) is 4.07. The fourth-order valence-electron chi connectivity index (χ4n) is 2.82. The topological polar surface area (TPSA) is 53.8 Å². The second kappa shape index (κ2) is 7.42. The molecule has 6 heteroatoms. The predicted octanol–water partition coefficient (Wildman–Crippen LogP) is 2.41. The zero-order chi connectivity index (χ0) is 15.3. The van der Waals surface area contributed by atoms with E-state index in [4.69, 9.17) is 4.42 Å². The van der Waals surface area contributed by atoms with Gasteiger partial charge in [0.2, 0.25) is 5.09 Å². The fourth-order valence-corrected chi connectivity index (χ4v) is 4.23. The number of sulfonamides is 1. The van der Waals surface area contributed by atoms with E-state index < -0.39 is 10.0 Å². The molecule has 1 aromatic heterocycles. The standard InChI is InChI=1S/C15H26N2O3S/c1-16(2)10-11-17(13-14-7-4-3-5-8-14)21(18,19)15-9-6-12-20-15/h6,9,12,14H,3-5,7-8,10-11,13H2,1-2H3. The lowest BCUT2D eigenvalue weighted by Gasteiger charge is -2.29. The van der Waals surface area contributed by atoms with E-state index in [1.54, 1.807) is 10.4 Å². The van der Waals surface area contributed by atoms with Crippen molar-refractivity contribution < 1.29 is 12.8 Å². The molecule has 1 aliphatic carbocycles. The van der Waals surface area contributed by atoms with Crippen molar-refractivity contribution in [1.82, 2.24) is 9.21 Å². The van der Waals surface area contributed by atoms with Crippen LogP contribution in [-0.2, 0) is 10.0 Å². The molecule has 1 aliphatic rings. The van der Waals surface area contributed by atoms with E-state index in [1.807, 2.05) is 19.0 Å². The minimum Gasteiger partial charge on any atom is -0.452 e. The number of rotatable bonds is 7. The predicted molar refractivity (Wildman–Crippen MR) is 82.6 cm³/mol. The molecule has 1 saturated carbocycles. The zero-order valence-corrected chi connectivity index (χ0v) is 13.8. The molecule has 0 spiro atoms. The summed E-state index contributed by atoms with van der Waals surface area (Å²) in [6, 6.07) is 3.15. The first kappa shape index (κ1) is 16.5. The second-order valence-electron chi connectivity index (χ2n) is 6.10. The Morgan fingerprint density at radius 2 is 1.90 bits per heavy atom. The molecule has 2 rings (SSSR count). The first-order chi connectivity index (χ1) is 10.00. The Labute approximate surface area is 128 Å². The summed E-state index contributed by atoms with van der Waals surface area (Å²) in [5.41, 5.74) is 0. The highest BCUT2D eigenvalue weighted by atomic mass is 32.2. The highest BCUT2D eigenvalue weighted by Gasteiger charge is 2.29. The maximum absolute atomic E-state index is 12.7. The van der Waals surface area contributed by atoms with Gasteiger partial charge in [0.15, 0.2) is 0 Å². The molecule has 0 saturated heterocycles. The van der Waals surface area contributed by atoms with Crippen LogP contribution in [0.25, 0.3) is 0 Å². The van der Waals surface area contributed by atoms with Gasteiger partial charge >= 0.3 is 0 Å². The van der Waals surface area contributed by atoms with E-state index in [-0.39, 0.29) is 5.09 Å². The van der Waals surface area contributed by atoms with Gasteiger partial charge in [0.25, 0.3) is 10.0 Å². The van der Waals surface area contributed by atoms with Crippen molar-refractivity contribution >= 4 is 10.0 Å². The average molecular weight is 314 g/mol. The molecular formula is C15H26N2O3S. The summed E-state index contributed by atoms with van der Waals surface area (Å²) in [5.74, 6) is 0.477. The first-order valence-electron chi connectivity index (χ1n) is 7.68. The summed E-state index contributed by atoms with van der Waals surface area (Å²) in [6.45, 7) is 1.83. The van der Waals surface area contributed by atoms with Crippen molar-refractivity contribution in [2.45, 2.75) is 37.2 Å². The second-order valence-corrected chi connectivity index (χ2v) is 7.97. The maximum atomic E-state index is 12.7. The van der Waals surface area contributed by atoms with Gasteiger partial charge in [-0.2, -0.15) is 4.31 Å². The number of hydrogen-bond donors (Lipinski definition) is 0. The normalized spacial score (nSPS) is 17.7. The van der Waals surface area contributed by atoms with Crippen molar-refractivity contribution in [3.05, 3.63) is 18.4 Å². The Balaban J connectivity index is 2.10. The van der Waals surface area contributed by atoms with E-state index in [9.17, 15) is 8.42 Å². The van der Waals surface area contributed by atoms with Gasteiger partial charge in [-0.3, -0.25) is 0 Å². The van der Waals surface area contributed by atoms with E-state index in [2.05, 4.69) is 0 Å². The minimum atomic E-state index is -3.51. The van der Waals surface area contributed by atoms with Crippen molar-refractivity contribution in [1.29, 1.82) is 0 Å². The van der Waals surface area contributed by atoms with E-state index >= 15 is 0 Å². The zero-order valence-electron chi connectivity index (χ0n) is 13.0. The highest BCUT2D eigenvalue weighted by Crippen LogP contribution is 2.26. The number of hydrogen-bond acceptors (Lipinski definition) is 4. The quantitative estimate of drug-likeness (QED) is 0.775. The maximum Gasteiger partial charge on any atom is 0.276 e. The van der Waals surface area contributed by atoms with Crippen LogP contribution in [0.2, 0.25) is 0 Å². The molecule has 1 fully saturated rings. The smallest absolute Gasteiger partial charge is 0.276 e. The molecule has 5 nitrogen and oxygen atoms in total. The third kappa shape index (κ3) is 4.56. The van der Waals surface area contributed by atoms with Gasteiger partial charge in [0.05, 0.1) is 6.26 Å². The molecular weight excluding hydrogens is 288 g/mol. The lowest BCUT2D eigenvalue weighted by atomic mass is 9.89. The number of nitrogens with zero attached hydrogens (tertiary/aromatic N) is 2. The lowest BCUT2D eigenvalue weighted by molar-refractivity contribution is 0.257. The van der Waals surface area contributed by atoms with Crippen molar-refractivity contribution in [2.75, 3.05) is 33.7 Å². The molecule has 0 amide bonds. The molecule has 0 bridgehead atoms. The third-order valence-corrected chi connectivity index (χ3v) is 5.82. The van der Waals surface area contributed by atoms with Gasteiger partial charge in [-0.1, -0.05) is 19.3 Å². The van der Waals surface area contributed by atoms with Gasteiger partial charge in [-0.05, 0) is 45.0 Å². The summed E-state index contributed by atoms with van der Waals surface area (Å²) >= 11 is 0. The van der Waals surface area contributed by atoms with Gasteiger partial charge in [0.1, 0.15) is 0 Å². The first-order valence-corrected chi connectivity index (χ1v) is 9.12. The molecule has 120 valence electrons. The van der Waals surface area contributed by atoms with Crippen LogP contribution in [0.3, 0.4) is 0 Å². The largest absolute Gasteiger partial charge is 0.452 e. The van der Waals surface area contributed by atoms with E-state index in [1.165, 1.54) is 31.6 Å². The monoisotopic (exact) mass is 314 g/mol. The fraction of sp³-hybridized carbons (Fsp3) is 0.733. The average Bonchev–Trinajstić information content (AvgIpc) is 2.99. The summed E-state index contributed by atoms with van der Waals surface area (Å²) in [6.07, 6.45) is 7.38. The van der Waals surface area contributed by atoms with Crippen LogP contribution in [0.5, 0.6) is 0 Å².